The van der Waals surface area contributed by atoms with Crippen LogP contribution in [0.5, 0.6) is 11.5 Å². The number of rotatable bonds is 9. The molecule has 3 aromatic rings. The number of carboxylic acid groups (broad SMARTS) is 1. The maximum atomic E-state index is 13.1. The highest BCUT2D eigenvalue weighted by atomic mass is 19.1. The maximum absolute atomic E-state index is 13.1. The van der Waals surface area contributed by atoms with Crippen LogP contribution in [0.3, 0.4) is 0 Å². The molecule has 0 aromatic heterocycles. The Hall–Kier alpha value is -3.18. The molecule has 0 aliphatic carbocycles. The Kier molecular flexibility index (Phi) is 6.76. The minimum atomic E-state index is -0.842. The minimum absolute atomic E-state index is 0.0431. The van der Waals surface area contributed by atoms with Gasteiger partial charge in [-0.05, 0) is 47.5 Å². The van der Waals surface area contributed by atoms with E-state index in [0.717, 1.165) is 22.6 Å². The van der Waals surface area contributed by atoms with Gasteiger partial charge in [-0.3, -0.25) is 9.69 Å². The largest absolute Gasteiger partial charge is 0.481 e. The van der Waals surface area contributed by atoms with Crippen LogP contribution in [0.4, 0.5) is 4.39 Å². The number of benzene rings is 3. The van der Waals surface area contributed by atoms with Crippen LogP contribution < -0.4 is 4.74 Å². The van der Waals surface area contributed by atoms with Crippen molar-refractivity contribution in [2.24, 2.45) is 0 Å². The Labute approximate surface area is 163 Å². The molecular formula is C23H22FNO3. The van der Waals surface area contributed by atoms with Gasteiger partial charge in [-0.15, -0.1) is 0 Å². The highest BCUT2D eigenvalue weighted by Gasteiger charge is 2.11. The molecule has 3 rings (SSSR count). The Morgan fingerprint density at radius 3 is 2.25 bits per heavy atom. The summed E-state index contributed by atoms with van der Waals surface area (Å²) in [6.07, 6.45) is 0.0431. The number of carboxylic acids is 1. The lowest BCUT2D eigenvalue weighted by Crippen LogP contribution is -2.25. The molecule has 0 amide bonds. The summed E-state index contributed by atoms with van der Waals surface area (Å²) in [4.78, 5) is 13.0. The molecule has 0 saturated heterocycles. The molecule has 0 bridgehead atoms. The number of hydrogen-bond acceptors (Lipinski definition) is 3. The third-order valence-electron chi connectivity index (χ3n) is 4.24. The topological polar surface area (TPSA) is 49.8 Å². The fourth-order valence-electron chi connectivity index (χ4n) is 2.91. The molecule has 4 nitrogen and oxygen atoms in total. The van der Waals surface area contributed by atoms with E-state index in [-0.39, 0.29) is 12.2 Å². The van der Waals surface area contributed by atoms with E-state index in [1.165, 1.54) is 12.1 Å². The summed E-state index contributed by atoms with van der Waals surface area (Å²) in [5, 5.41) is 9.04. The van der Waals surface area contributed by atoms with Gasteiger partial charge in [0.1, 0.15) is 17.3 Å². The van der Waals surface area contributed by atoms with Crippen LogP contribution in [0.1, 0.15) is 17.5 Å². The van der Waals surface area contributed by atoms with Crippen molar-refractivity contribution in [3.8, 4) is 11.5 Å². The summed E-state index contributed by atoms with van der Waals surface area (Å²) in [6, 6.07) is 23.5. The number of hydrogen-bond donors (Lipinski definition) is 1. The molecule has 0 heterocycles. The fourth-order valence-corrected chi connectivity index (χ4v) is 2.91. The first-order chi connectivity index (χ1) is 13.6. The first-order valence-corrected chi connectivity index (χ1v) is 9.09. The molecule has 0 spiro atoms. The van der Waals surface area contributed by atoms with Gasteiger partial charge in [-0.2, -0.15) is 0 Å². The number of nitrogens with zero attached hydrogens (tertiary/aromatic N) is 1. The van der Waals surface area contributed by atoms with Crippen LogP contribution in [0.2, 0.25) is 0 Å². The standard InChI is InChI=1S/C23H22FNO3/c24-20-11-9-18(10-12-20)16-25(14-13-23(26)27)17-19-5-4-8-22(15-19)28-21-6-2-1-3-7-21/h1-12,15H,13-14,16-17H2,(H,26,27). The normalized spacial score (nSPS) is 10.8. The van der Waals surface area contributed by atoms with Crippen LogP contribution in [0.25, 0.3) is 0 Å². The summed E-state index contributed by atoms with van der Waals surface area (Å²) >= 11 is 0. The second-order valence-corrected chi connectivity index (χ2v) is 6.54. The number of aliphatic carboxylic acids is 1. The Balaban J connectivity index is 1.71. The zero-order chi connectivity index (χ0) is 19.8. The smallest absolute Gasteiger partial charge is 0.304 e. The summed E-state index contributed by atoms with van der Waals surface area (Å²) in [7, 11) is 0. The molecule has 0 aliphatic rings. The van der Waals surface area contributed by atoms with Crippen molar-refractivity contribution in [2.75, 3.05) is 6.54 Å². The number of halogens is 1. The van der Waals surface area contributed by atoms with Crippen molar-refractivity contribution in [3.05, 3.63) is 95.8 Å². The Morgan fingerprint density at radius 1 is 0.857 bits per heavy atom. The van der Waals surface area contributed by atoms with E-state index in [9.17, 15) is 9.18 Å². The van der Waals surface area contributed by atoms with E-state index in [2.05, 4.69) is 0 Å². The molecule has 0 aliphatic heterocycles. The molecule has 0 unspecified atom stereocenters. The van der Waals surface area contributed by atoms with E-state index in [0.29, 0.717) is 19.6 Å². The number of ether oxygens (including phenoxy) is 1. The number of para-hydroxylation sites is 1. The SMILES string of the molecule is O=C(O)CCN(Cc1ccc(F)cc1)Cc1cccc(Oc2ccccc2)c1. The monoisotopic (exact) mass is 379 g/mol. The lowest BCUT2D eigenvalue weighted by atomic mass is 10.1. The zero-order valence-corrected chi connectivity index (χ0v) is 15.4. The van der Waals surface area contributed by atoms with E-state index in [1.807, 2.05) is 59.5 Å². The zero-order valence-electron chi connectivity index (χ0n) is 15.4. The average Bonchev–Trinajstić information content (AvgIpc) is 2.69. The highest BCUT2D eigenvalue weighted by molar-refractivity contribution is 5.66. The molecule has 1 N–H and O–H groups in total. The Morgan fingerprint density at radius 2 is 1.54 bits per heavy atom. The third-order valence-corrected chi connectivity index (χ3v) is 4.24. The van der Waals surface area contributed by atoms with Crippen LogP contribution in [0.15, 0.2) is 78.9 Å². The van der Waals surface area contributed by atoms with Crippen LogP contribution >= 0.6 is 0 Å². The second-order valence-electron chi connectivity index (χ2n) is 6.54. The van der Waals surface area contributed by atoms with E-state index < -0.39 is 5.97 Å². The van der Waals surface area contributed by atoms with Crippen molar-refractivity contribution in [1.29, 1.82) is 0 Å². The van der Waals surface area contributed by atoms with Crippen molar-refractivity contribution in [2.45, 2.75) is 19.5 Å². The molecule has 0 radical (unpaired) electrons. The lowest BCUT2D eigenvalue weighted by Gasteiger charge is -2.22. The van der Waals surface area contributed by atoms with E-state index in [1.54, 1.807) is 12.1 Å². The third kappa shape index (κ3) is 6.21. The maximum Gasteiger partial charge on any atom is 0.304 e. The fraction of sp³-hybridized carbons (Fsp3) is 0.174. The number of carbonyl (C=O) groups is 1. The molecule has 28 heavy (non-hydrogen) atoms. The molecule has 0 saturated carbocycles. The summed E-state index contributed by atoms with van der Waals surface area (Å²) in [6.45, 7) is 1.50. The van der Waals surface area contributed by atoms with Crippen molar-refractivity contribution in [1.82, 2.24) is 4.90 Å². The van der Waals surface area contributed by atoms with Gasteiger partial charge in [0.05, 0.1) is 6.42 Å². The van der Waals surface area contributed by atoms with Gasteiger partial charge < -0.3 is 9.84 Å². The predicted molar refractivity (Wildman–Crippen MR) is 106 cm³/mol. The van der Waals surface area contributed by atoms with E-state index in [4.69, 9.17) is 9.84 Å². The predicted octanol–water partition coefficient (Wildman–Crippen LogP) is 5.09. The van der Waals surface area contributed by atoms with Gasteiger partial charge in [0.25, 0.3) is 0 Å². The first-order valence-electron chi connectivity index (χ1n) is 9.09. The second kappa shape index (κ2) is 9.67. The van der Waals surface area contributed by atoms with Gasteiger partial charge in [0.15, 0.2) is 0 Å². The summed E-state index contributed by atoms with van der Waals surface area (Å²) in [5.74, 6) is 0.356. The van der Waals surface area contributed by atoms with Crippen LogP contribution in [-0.4, -0.2) is 22.5 Å². The molecule has 3 aromatic carbocycles. The van der Waals surface area contributed by atoms with Crippen molar-refractivity contribution < 1.29 is 19.0 Å². The first kappa shape index (κ1) is 19.6. The van der Waals surface area contributed by atoms with E-state index >= 15 is 0 Å². The average molecular weight is 379 g/mol. The van der Waals surface area contributed by atoms with Crippen LogP contribution in [0, 0.1) is 5.82 Å². The van der Waals surface area contributed by atoms with Gasteiger partial charge in [-0.1, -0.05) is 42.5 Å². The molecular weight excluding hydrogens is 357 g/mol. The lowest BCUT2D eigenvalue weighted by molar-refractivity contribution is -0.137. The van der Waals surface area contributed by atoms with Crippen LogP contribution in [-0.2, 0) is 17.9 Å². The molecule has 5 heteroatoms. The van der Waals surface area contributed by atoms with Gasteiger partial charge in [-0.25, -0.2) is 4.39 Å². The summed E-state index contributed by atoms with van der Waals surface area (Å²) < 4.78 is 19.0. The van der Waals surface area contributed by atoms with Crippen molar-refractivity contribution >= 4 is 5.97 Å². The van der Waals surface area contributed by atoms with Gasteiger partial charge in [0.2, 0.25) is 0 Å². The van der Waals surface area contributed by atoms with Gasteiger partial charge in [0, 0.05) is 19.6 Å². The Bertz CT molecular complexity index is 897. The highest BCUT2D eigenvalue weighted by Crippen LogP contribution is 2.23. The molecule has 0 fully saturated rings. The quantitative estimate of drug-likeness (QED) is 0.562. The molecule has 144 valence electrons. The molecule has 0 atom stereocenters. The minimum Gasteiger partial charge on any atom is -0.481 e. The van der Waals surface area contributed by atoms with Gasteiger partial charge >= 0.3 is 5.97 Å². The summed E-state index contributed by atoms with van der Waals surface area (Å²) in [5.41, 5.74) is 1.95. The van der Waals surface area contributed by atoms with Crippen molar-refractivity contribution in [3.63, 3.8) is 0 Å².